The van der Waals surface area contributed by atoms with E-state index in [2.05, 4.69) is 5.32 Å². The molecular weight excluding hydrogens is 312 g/mol. The van der Waals surface area contributed by atoms with Crippen LogP contribution in [-0.4, -0.2) is 47.0 Å². The third-order valence-electron chi connectivity index (χ3n) is 3.49. The first-order valence-corrected chi connectivity index (χ1v) is 8.78. The Balaban J connectivity index is 2.04. The van der Waals surface area contributed by atoms with Gasteiger partial charge in [0, 0.05) is 11.3 Å². The van der Waals surface area contributed by atoms with Gasteiger partial charge in [-0.3, -0.25) is 9.59 Å². The molecule has 1 aliphatic rings. The molecule has 1 N–H and O–H groups in total. The Hall–Kier alpha value is -1.69. The van der Waals surface area contributed by atoms with Crippen LogP contribution in [0.4, 0.5) is 0 Å². The van der Waals surface area contributed by atoms with Crippen molar-refractivity contribution >= 4 is 23.6 Å². The average molecular weight is 336 g/mol. The molecule has 1 aromatic carbocycles. The van der Waals surface area contributed by atoms with Gasteiger partial charge in [-0.15, -0.1) is 11.8 Å². The largest absolute Gasteiger partial charge is 0.497 e. The van der Waals surface area contributed by atoms with E-state index in [0.717, 1.165) is 11.3 Å². The van der Waals surface area contributed by atoms with Crippen LogP contribution in [0.5, 0.6) is 5.75 Å². The van der Waals surface area contributed by atoms with Gasteiger partial charge in [-0.1, -0.05) is 12.1 Å². The maximum Gasteiger partial charge on any atom is 0.244 e. The normalized spacial score (nSPS) is 17.9. The highest BCUT2D eigenvalue weighted by molar-refractivity contribution is 7.99. The maximum absolute atomic E-state index is 12.6. The summed E-state index contributed by atoms with van der Waals surface area (Å²) in [5.41, 5.74) is 0.590. The first-order chi connectivity index (χ1) is 10.8. The van der Waals surface area contributed by atoms with Gasteiger partial charge in [0.25, 0.3) is 0 Å². The summed E-state index contributed by atoms with van der Waals surface area (Å²) in [7, 11) is 1.60. The number of hydrogen-bond donors (Lipinski definition) is 1. The molecule has 0 spiro atoms. The molecule has 1 aliphatic heterocycles. The molecule has 2 amide bonds. The molecule has 1 heterocycles. The second kappa shape index (κ2) is 7.25. The van der Waals surface area contributed by atoms with Crippen LogP contribution in [0.3, 0.4) is 0 Å². The topological polar surface area (TPSA) is 58.6 Å². The molecular formula is C17H24N2O3S. The van der Waals surface area contributed by atoms with E-state index < -0.39 is 6.04 Å². The number of thioether (sulfide) groups is 1. The van der Waals surface area contributed by atoms with Crippen molar-refractivity contribution in [2.75, 3.05) is 18.7 Å². The molecule has 0 bridgehead atoms. The van der Waals surface area contributed by atoms with Crippen molar-refractivity contribution in [3.05, 3.63) is 29.8 Å². The first kappa shape index (κ1) is 17.7. The molecule has 1 aromatic rings. The van der Waals surface area contributed by atoms with Crippen LogP contribution < -0.4 is 10.1 Å². The zero-order valence-electron chi connectivity index (χ0n) is 14.1. The summed E-state index contributed by atoms with van der Waals surface area (Å²) in [6.07, 6.45) is 0.275. The lowest BCUT2D eigenvalue weighted by atomic mass is 10.1. The van der Waals surface area contributed by atoms with Crippen LogP contribution in [0, 0.1) is 0 Å². The third-order valence-corrected chi connectivity index (χ3v) is 4.51. The van der Waals surface area contributed by atoms with E-state index >= 15 is 0 Å². The number of benzene rings is 1. The van der Waals surface area contributed by atoms with E-state index in [4.69, 9.17) is 4.74 Å². The van der Waals surface area contributed by atoms with Gasteiger partial charge in [0.2, 0.25) is 11.8 Å². The number of amides is 2. The van der Waals surface area contributed by atoms with Crippen molar-refractivity contribution in [3.63, 3.8) is 0 Å². The predicted octanol–water partition coefficient (Wildman–Crippen LogP) is 2.05. The van der Waals surface area contributed by atoms with E-state index in [1.165, 1.54) is 0 Å². The van der Waals surface area contributed by atoms with Crippen LogP contribution in [0.1, 0.15) is 26.3 Å². The quantitative estimate of drug-likeness (QED) is 0.914. The van der Waals surface area contributed by atoms with Crippen LogP contribution >= 0.6 is 11.8 Å². The smallest absolute Gasteiger partial charge is 0.244 e. The number of nitrogens with one attached hydrogen (secondary N) is 1. The summed E-state index contributed by atoms with van der Waals surface area (Å²) in [5, 5.41) is 2.96. The van der Waals surface area contributed by atoms with Crippen molar-refractivity contribution in [1.29, 1.82) is 0 Å². The predicted molar refractivity (Wildman–Crippen MR) is 92.6 cm³/mol. The lowest BCUT2D eigenvalue weighted by molar-refractivity contribution is -0.138. The Morgan fingerprint density at radius 1 is 1.39 bits per heavy atom. The van der Waals surface area contributed by atoms with Gasteiger partial charge in [-0.25, -0.2) is 0 Å². The molecule has 1 fully saturated rings. The molecule has 0 saturated carbocycles. The molecule has 6 heteroatoms. The van der Waals surface area contributed by atoms with Gasteiger partial charge >= 0.3 is 0 Å². The summed E-state index contributed by atoms with van der Waals surface area (Å²) < 4.78 is 5.18. The van der Waals surface area contributed by atoms with Gasteiger partial charge in [0.1, 0.15) is 11.8 Å². The molecule has 1 atom stereocenters. The maximum atomic E-state index is 12.6. The van der Waals surface area contributed by atoms with E-state index in [1.54, 1.807) is 23.8 Å². The Labute approximate surface area is 141 Å². The zero-order chi connectivity index (χ0) is 17.0. The third kappa shape index (κ3) is 4.89. The Kier molecular flexibility index (Phi) is 5.57. The fraction of sp³-hybridized carbons (Fsp3) is 0.529. The molecule has 5 nitrogen and oxygen atoms in total. The van der Waals surface area contributed by atoms with Crippen LogP contribution in [0.15, 0.2) is 24.3 Å². The van der Waals surface area contributed by atoms with Gasteiger partial charge < -0.3 is 15.0 Å². The minimum atomic E-state index is -0.391. The zero-order valence-corrected chi connectivity index (χ0v) is 14.9. The van der Waals surface area contributed by atoms with Gasteiger partial charge in [-0.05, 0) is 38.5 Å². The first-order valence-electron chi connectivity index (χ1n) is 7.62. The highest BCUT2D eigenvalue weighted by Gasteiger charge is 2.35. The Morgan fingerprint density at radius 3 is 2.78 bits per heavy atom. The molecule has 1 unspecified atom stereocenters. The molecule has 0 aromatic heterocycles. The SMILES string of the molecule is COc1cccc(CC(=O)N2CSCC2C(=O)NC(C)(C)C)c1. The molecule has 126 valence electrons. The average Bonchev–Trinajstić information content (AvgIpc) is 2.95. The van der Waals surface area contributed by atoms with Gasteiger partial charge in [-0.2, -0.15) is 0 Å². The number of ether oxygens (including phenoxy) is 1. The number of carbonyl (C=O) groups is 2. The highest BCUT2D eigenvalue weighted by Crippen LogP contribution is 2.23. The summed E-state index contributed by atoms with van der Waals surface area (Å²) in [6, 6.07) is 7.07. The minimum Gasteiger partial charge on any atom is -0.497 e. The second-order valence-electron chi connectivity index (χ2n) is 6.65. The second-order valence-corrected chi connectivity index (χ2v) is 7.65. The van der Waals surface area contributed by atoms with E-state index in [-0.39, 0.29) is 23.8 Å². The van der Waals surface area contributed by atoms with Crippen molar-refractivity contribution < 1.29 is 14.3 Å². The number of nitrogens with zero attached hydrogens (tertiary/aromatic N) is 1. The van der Waals surface area contributed by atoms with E-state index in [0.29, 0.717) is 11.6 Å². The standard InChI is InChI=1S/C17H24N2O3S/c1-17(2,3)18-16(21)14-10-23-11-19(14)15(20)9-12-6-5-7-13(8-12)22-4/h5-8,14H,9-11H2,1-4H3,(H,18,21). The van der Waals surface area contributed by atoms with Gasteiger partial charge in [0.05, 0.1) is 19.4 Å². The fourth-order valence-corrected chi connectivity index (χ4v) is 3.60. The summed E-state index contributed by atoms with van der Waals surface area (Å²) in [6.45, 7) is 5.82. The summed E-state index contributed by atoms with van der Waals surface area (Å²) in [5.74, 6) is 1.82. The lowest BCUT2D eigenvalue weighted by Gasteiger charge is -2.27. The molecule has 0 radical (unpaired) electrons. The minimum absolute atomic E-state index is 0.0303. The van der Waals surface area contributed by atoms with Crippen molar-refractivity contribution in [1.82, 2.24) is 10.2 Å². The van der Waals surface area contributed by atoms with E-state index in [1.807, 2.05) is 45.0 Å². The number of hydrogen-bond acceptors (Lipinski definition) is 4. The number of methoxy groups -OCH3 is 1. The van der Waals surface area contributed by atoms with Crippen LogP contribution in [-0.2, 0) is 16.0 Å². The van der Waals surface area contributed by atoms with Gasteiger partial charge in [0.15, 0.2) is 0 Å². The summed E-state index contributed by atoms with van der Waals surface area (Å²) in [4.78, 5) is 26.6. The molecule has 2 rings (SSSR count). The van der Waals surface area contributed by atoms with E-state index in [9.17, 15) is 9.59 Å². The summed E-state index contributed by atoms with van der Waals surface area (Å²) >= 11 is 1.61. The van der Waals surface area contributed by atoms with Crippen molar-refractivity contribution in [3.8, 4) is 5.75 Å². The molecule has 1 saturated heterocycles. The number of rotatable bonds is 4. The molecule has 0 aliphatic carbocycles. The number of carbonyl (C=O) groups excluding carboxylic acids is 2. The van der Waals surface area contributed by atoms with Crippen LogP contribution in [0.25, 0.3) is 0 Å². The molecule has 23 heavy (non-hydrogen) atoms. The Morgan fingerprint density at radius 2 is 2.13 bits per heavy atom. The highest BCUT2D eigenvalue weighted by atomic mass is 32.2. The van der Waals surface area contributed by atoms with Crippen molar-refractivity contribution in [2.45, 2.75) is 38.8 Å². The Bertz CT molecular complexity index is 583. The van der Waals surface area contributed by atoms with Crippen molar-refractivity contribution in [2.24, 2.45) is 0 Å². The monoisotopic (exact) mass is 336 g/mol. The lowest BCUT2D eigenvalue weighted by Crippen LogP contribution is -2.52. The fourth-order valence-electron chi connectivity index (χ4n) is 2.42. The van der Waals surface area contributed by atoms with Crippen LogP contribution in [0.2, 0.25) is 0 Å².